The van der Waals surface area contributed by atoms with E-state index in [1.165, 1.54) is 16.7 Å². The van der Waals surface area contributed by atoms with E-state index in [9.17, 15) is 0 Å². The van der Waals surface area contributed by atoms with E-state index in [1.54, 1.807) is 0 Å². The summed E-state index contributed by atoms with van der Waals surface area (Å²) in [6.07, 6.45) is 1.09. The molecule has 0 heterocycles. The van der Waals surface area contributed by atoms with Gasteiger partial charge in [-0.25, -0.2) is 0 Å². The van der Waals surface area contributed by atoms with E-state index in [0.29, 0.717) is 5.92 Å². The standard InChI is InChI=1S/C12H17Cl/c1-9-4-5-11(3)12(6-9)7-10(2)8-13/h4-6,10H,7-8H2,1-3H3. The van der Waals surface area contributed by atoms with Crippen LogP contribution in [0.15, 0.2) is 18.2 Å². The van der Waals surface area contributed by atoms with Crippen molar-refractivity contribution in [3.8, 4) is 0 Å². The maximum Gasteiger partial charge on any atom is 0.0252 e. The Hall–Kier alpha value is -0.490. The zero-order chi connectivity index (χ0) is 9.84. The minimum atomic E-state index is 0.571. The lowest BCUT2D eigenvalue weighted by Crippen LogP contribution is -2.02. The highest BCUT2D eigenvalue weighted by molar-refractivity contribution is 6.18. The number of rotatable bonds is 3. The number of hydrogen-bond acceptors (Lipinski definition) is 0. The molecule has 0 aliphatic carbocycles. The predicted molar refractivity (Wildman–Crippen MR) is 59.5 cm³/mol. The van der Waals surface area contributed by atoms with E-state index in [0.717, 1.165) is 12.3 Å². The van der Waals surface area contributed by atoms with Crippen LogP contribution in [0.25, 0.3) is 0 Å². The van der Waals surface area contributed by atoms with Gasteiger partial charge in [-0.15, -0.1) is 11.6 Å². The van der Waals surface area contributed by atoms with E-state index in [4.69, 9.17) is 11.6 Å². The topological polar surface area (TPSA) is 0 Å². The van der Waals surface area contributed by atoms with Gasteiger partial charge in [0, 0.05) is 5.88 Å². The number of halogens is 1. The van der Waals surface area contributed by atoms with Crippen molar-refractivity contribution >= 4 is 11.6 Å². The van der Waals surface area contributed by atoms with Crippen molar-refractivity contribution in [2.75, 3.05) is 5.88 Å². The van der Waals surface area contributed by atoms with Crippen LogP contribution in [0.2, 0.25) is 0 Å². The molecule has 72 valence electrons. The first kappa shape index (κ1) is 10.6. The summed E-state index contributed by atoms with van der Waals surface area (Å²) in [5.41, 5.74) is 4.15. The van der Waals surface area contributed by atoms with E-state index in [2.05, 4.69) is 39.0 Å². The molecule has 0 saturated carbocycles. The van der Waals surface area contributed by atoms with Crippen LogP contribution in [0, 0.1) is 19.8 Å². The van der Waals surface area contributed by atoms with Crippen LogP contribution >= 0.6 is 11.6 Å². The van der Waals surface area contributed by atoms with Gasteiger partial charge >= 0.3 is 0 Å². The molecular formula is C12H17Cl. The Balaban J connectivity index is 2.81. The summed E-state index contributed by atoms with van der Waals surface area (Å²) in [5, 5.41) is 0. The van der Waals surface area contributed by atoms with Crippen LogP contribution < -0.4 is 0 Å². The molecule has 0 spiro atoms. The number of benzene rings is 1. The maximum absolute atomic E-state index is 5.79. The van der Waals surface area contributed by atoms with Gasteiger partial charge in [0.2, 0.25) is 0 Å². The monoisotopic (exact) mass is 196 g/mol. The lowest BCUT2D eigenvalue weighted by Gasteiger charge is -2.10. The Bertz CT molecular complexity index is 278. The molecule has 0 saturated heterocycles. The highest BCUT2D eigenvalue weighted by Crippen LogP contribution is 2.15. The van der Waals surface area contributed by atoms with Gasteiger partial charge in [0.15, 0.2) is 0 Å². The molecule has 0 amide bonds. The van der Waals surface area contributed by atoms with Gasteiger partial charge in [-0.2, -0.15) is 0 Å². The first-order chi connectivity index (χ1) is 6.13. The molecular weight excluding hydrogens is 180 g/mol. The molecule has 1 rings (SSSR count). The summed E-state index contributed by atoms with van der Waals surface area (Å²) < 4.78 is 0. The van der Waals surface area contributed by atoms with Crippen LogP contribution in [0.5, 0.6) is 0 Å². The van der Waals surface area contributed by atoms with E-state index in [1.807, 2.05) is 0 Å². The molecule has 13 heavy (non-hydrogen) atoms. The van der Waals surface area contributed by atoms with E-state index in [-0.39, 0.29) is 0 Å². The second kappa shape index (κ2) is 4.66. The van der Waals surface area contributed by atoms with Crippen LogP contribution in [-0.4, -0.2) is 5.88 Å². The Kier molecular flexibility index (Phi) is 3.80. The van der Waals surface area contributed by atoms with Gasteiger partial charge in [0.25, 0.3) is 0 Å². The molecule has 0 bridgehead atoms. The van der Waals surface area contributed by atoms with Gasteiger partial charge in [-0.3, -0.25) is 0 Å². The smallest absolute Gasteiger partial charge is 0.0252 e. The molecule has 0 aliphatic rings. The fourth-order valence-electron chi connectivity index (χ4n) is 1.45. The first-order valence-electron chi connectivity index (χ1n) is 4.75. The summed E-state index contributed by atoms with van der Waals surface area (Å²) in [6.45, 7) is 6.48. The largest absolute Gasteiger partial charge is 0.126 e. The summed E-state index contributed by atoms with van der Waals surface area (Å²) in [6, 6.07) is 6.61. The van der Waals surface area contributed by atoms with Crippen LogP contribution in [0.4, 0.5) is 0 Å². The minimum absolute atomic E-state index is 0.571. The Morgan fingerprint density at radius 3 is 2.62 bits per heavy atom. The van der Waals surface area contributed by atoms with Crippen molar-refractivity contribution in [3.05, 3.63) is 34.9 Å². The lowest BCUT2D eigenvalue weighted by molar-refractivity contribution is 0.652. The Morgan fingerprint density at radius 2 is 2.00 bits per heavy atom. The highest BCUT2D eigenvalue weighted by atomic mass is 35.5. The zero-order valence-electron chi connectivity index (χ0n) is 8.60. The number of alkyl halides is 1. The van der Waals surface area contributed by atoms with Crippen molar-refractivity contribution in [2.24, 2.45) is 5.92 Å². The third-order valence-corrected chi connectivity index (χ3v) is 2.86. The maximum atomic E-state index is 5.79. The van der Waals surface area contributed by atoms with Crippen molar-refractivity contribution in [1.82, 2.24) is 0 Å². The molecule has 0 aliphatic heterocycles. The minimum Gasteiger partial charge on any atom is -0.126 e. The zero-order valence-corrected chi connectivity index (χ0v) is 9.36. The summed E-state index contributed by atoms with van der Waals surface area (Å²) >= 11 is 5.79. The Labute approximate surface area is 85.9 Å². The fraction of sp³-hybridized carbons (Fsp3) is 0.500. The second-order valence-corrected chi connectivity index (χ2v) is 4.20. The molecule has 1 heteroatoms. The molecule has 0 fully saturated rings. The Morgan fingerprint density at radius 1 is 1.31 bits per heavy atom. The quantitative estimate of drug-likeness (QED) is 0.647. The van der Waals surface area contributed by atoms with E-state index >= 15 is 0 Å². The summed E-state index contributed by atoms with van der Waals surface area (Å²) in [4.78, 5) is 0. The third kappa shape index (κ3) is 3.04. The highest BCUT2D eigenvalue weighted by Gasteiger charge is 2.04. The molecule has 0 aromatic heterocycles. The fourth-order valence-corrected chi connectivity index (χ4v) is 1.56. The van der Waals surface area contributed by atoms with Crippen LogP contribution in [0.1, 0.15) is 23.6 Å². The van der Waals surface area contributed by atoms with Gasteiger partial charge in [0.05, 0.1) is 0 Å². The second-order valence-electron chi connectivity index (χ2n) is 3.89. The van der Waals surface area contributed by atoms with Gasteiger partial charge in [0.1, 0.15) is 0 Å². The number of aryl methyl sites for hydroxylation is 2. The molecule has 0 nitrogen and oxygen atoms in total. The summed E-state index contributed by atoms with van der Waals surface area (Å²) in [7, 11) is 0. The molecule has 0 N–H and O–H groups in total. The van der Waals surface area contributed by atoms with Crippen molar-refractivity contribution in [3.63, 3.8) is 0 Å². The van der Waals surface area contributed by atoms with Gasteiger partial charge < -0.3 is 0 Å². The number of hydrogen-bond donors (Lipinski definition) is 0. The third-order valence-electron chi connectivity index (χ3n) is 2.34. The average Bonchev–Trinajstić information content (AvgIpc) is 2.11. The first-order valence-corrected chi connectivity index (χ1v) is 5.29. The molecule has 1 unspecified atom stereocenters. The molecule has 1 aromatic rings. The van der Waals surface area contributed by atoms with Crippen LogP contribution in [-0.2, 0) is 6.42 Å². The average molecular weight is 197 g/mol. The normalized spacial score (nSPS) is 12.9. The van der Waals surface area contributed by atoms with Crippen molar-refractivity contribution < 1.29 is 0 Å². The predicted octanol–water partition coefficient (Wildman–Crippen LogP) is 3.72. The van der Waals surface area contributed by atoms with E-state index < -0.39 is 0 Å². The lowest BCUT2D eigenvalue weighted by atomic mass is 9.97. The molecule has 1 atom stereocenters. The van der Waals surface area contributed by atoms with Crippen LogP contribution in [0.3, 0.4) is 0 Å². The van der Waals surface area contributed by atoms with Gasteiger partial charge in [-0.05, 0) is 37.3 Å². The SMILES string of the molecule is Cc1ccc(C)c(CC(C)CCl)c1. The van der Waals surface area contributed by atoms with Crippen molar-refractivity contribution in [1.29, 1.82) is 0 Å². The van der Waals surface area contributed by atoms with Gasteiger partial charge in [-0.1, -0.05) is 30.7 Å². The van der Waals surface area contributed by atoms with Crippen molar-refractivity contribution in [2.45, 2.75) is 27.2 Å². The molecule has 1 aromatic carbocycles. The molecule has 0 radical (unpaired) electrons. The summed E-state index contributed by atoms with van der Waals surface area (Å²) in [5.74, 6) is 1.31.